The summed E-state index contributed by atoms with van der Waals surface area (Å²) in [7, 11) is 2.82. The van der Waals surface area contributed by atoms with Crippen molar-refractivity contribution >= 4 is 50.0 Å². The second-order valence-corrected chi connectivity index (χ2v) is 11.8. The summed E-state index contributed by atoms with van der Waals surface area (Å²) in [4.78, 5) is 19.1. The minimum Gasteiger partial charge on any atom is -0.495 e. The molecule has 0 N–H and O–H groups in total. The molecular weight excluding hydrogens is 516 g/mol. The van der Waals surface area contributed by atoms with Crippen molar-refractivity contribution in [2.45, 2.75) is 17.7 Å². The van der Waals surface area contributed by atoms with E-state index >= 15 is 0 Å². The van der Waals surface area contributed by atoms with Crippen LogP contribution < -0.4 is 23.8 Å². The van der Waals surface area contributed by atoms with E-state index in [0.29, 0.717) is 44.4 Å². The Kier molecular flexibility index (Phi) is 7.39. The zero-order valence-corrected chi connectivity index (χ0v) is 22.0. The normalized spacial score (nSPS) is 21.6. The van der Waals surface area contributed by atoms with E-state index in [2.05, 4.69) is 4.99 Å². The number of carbonyl (C=O) groups is 1. The molecule has 2 heterocycles. The van der Waals surface area contributed by atoms with E-state index < -0.39 is 15.9 Å². The first-order valence-corrected chi connectivity index (χ1v) is 13.7. The number of aliphatic imine (C=N–C) groups is 1. The molecule has 2 aliphatic rings. The third kappa shape index (κ3) is 5.17. The molecule has 0 saturated carbocycles. The van der Waals surface area contributed by atoms with E-state index in [1.807, 2.05) is 0 Å². The van der Waals surface area contributed by atoms with Gasteiger partial charge in [-0.1, -0.05) is 29.4 Å². The summed E-state index contributed by atoms with van der Waals surface area (Å²) in [5.41, 5.74) is 1.23. The molecule has 4 rings (SSSR count). The van der Waals surface area contributed by atoms with Gasteiger partial charge in [0.25, 0.3) is 5.91 Å². The number of sulfone groups is 1. The number of halogens is 1. The number of amidine groups is 1. The lowest BCUT2D eigenvalue weighted by Gasteiger charge is -2.27. The van der Waals surface area contributed by atoms with E-state index in [0.717, 1.165) is 0 Å². The minimum absolute atomic E-state index is 0.00786. The van der Waals surface area contributed by atoms with Gasteiger partial charge in [0, 0.05) is 11.3 Å². The first-order chi connectivity index (χ1) is 16.7. The molecule has 0 spiro atoms. The molecule has 9 nitrogen and oxygen atoms in total. The van der Waals surface area contributed by atoms with Gasteiger partial charge >= 0.3 is 0 Å². The molecule has 188 valence electrons. The first kappa shape index (κ1) is 25.5. The van der Waals surface area contributed by atoms with Crippen LogP contribution in [0.2, 0.25) is 5.02 Å². The summed E-state index contributed by atoms with van der Waals surface area (Å²) in [6.45, 7) is 0. The zero-order valence-electron chi connectivity index (χ0n) is 19.6. The van der Waals surface area contributed by atoms with Gasteiger partial charge in [-0.3, -0.25) is 4.79 Å². The quantitative estimate of drug-likeness (QED) is 0.523. The number of hydrogen-bond donors (Lipinski definition) is 0. The van der Waals surface area contributed by atoms with Gasteiger partial charge in [-0.15, -0.1) is 0 Å². The van der Waals surface area contributed by atoms with Crippen molar-refractivity contribution in [3.63, 3.8) is 0 Å². The van der Waals surface area contributed by atoms with Gasteiger partial charge in [-0.05, 0) is 23.8 Å². The number of amides is 1. The van der Waals surface area contributed by atoms with E-state index in [-0.39, 0.29) is 29.1 Å². The monoisotopic (exact) mass is 540 g/mol. The van der Waals surface area contributed by atoms with Gasteiger partial charge in [0.15, 0.2) is 26.5 Å². The summed E-state index contributed by atoms with van der Waals surface area (Å²) < 4.78 is 46.1. The number of anilines is 1. The molecule has 12 heteroatoms. The van der Waals surface area contributed by atoms with Crippen molar-refractivity contribution < 1.29 is 32.2 Å². The smallest absolute Gasteiger partial charge is 0.252 e. The number of ether oxygens (including phenoxy) is 4. The van der Waals surface area contributed by atoms with Crippen molar-refractivity contribution in [3.8, 4) is 23.0 Å². The number of methoxy groups -OCH3 is 4. The third-order valence-corrected chi connectivity index (χ3v) is 9.31. The van der Waals surface area contributed by atoms with Crippen molar-refractivity contribution in [1.82, 2.24) is 0 Å². The predicted molar refractivity (Wildman–Crippen MR) is 137 cm³/mol. The average Bonchev–Trinajstić information content (AvgIpc) is 3.28. The standard InChI is InChI=1S/C23H25ClN2O7S2/c1-30-17-6-5-13(7-20(17)33-4)8-22(27)25-23-26(16-11-35(28,29)12-21(16)34-23)15-9-14(24)18(31-2)10-19(15)32-3/h5-7,9-10,16,21H,8,11-12H2,1-4H3/t16-,21-/m1/s1. The Morgan fingerprint density at radius 3 is 2.34 bits per heavy atom. The van der Waals surface area contributed by atoms with Crippen LogP contribution in [0.5, 0.6) is 23.0 Å². The number of rotatable bonds is 7. The summed E-state index contributed by atoms with van der Waals surface area (Å²) in [5.74, 6) is 1.49. The summed E-state index contributed by atoms with van der Waals surface area (Å²) in [6, 6.07) is 8.08. The lowest BCUT2D eigenvalue weighted by molar-refractivity contribution is -0.117. The van der Waals surface area contributed by atoms with Crippen LogP contribution in [-0.4, -0.2) is 70.7 Å². The van der Waals surface area contributed by atoms with Gasteiger partial charge < -0.3 is 23.8 Å². The molecule has 0 radical (unpaired) electrons. The highest BCUT2D eigenvalue weighted by Gasteiger charge is 2.50. The van der Waals surface area contributed by atoms with Crippen LogP contribution in [0.4, 0.5) is 5.69 Å². The fourth-order valence-electron chi connectivity index (χ4n) is 4.19. The second kappa shape index (κ2) is 10.2. The molecular formula is C23H25ClN2O7S2. The Balaban J connectivity index is 1.70. The van der Waals surface area contributed by atoms with Crippen LogP contribution in [0.3, 0.4) is 0 Å². The number of fused-ring (bicyclic) bond motifs is 1. The molecule has 2 fully saturated rings. The summed E-state index contributed by atoms with van der Waals surface area (Å²) in [6.07, 6.45) is 0.0341. The van der Waals surface area contributed by atoms with Crippen LogP contribution in [0.1, 0.15) is 5.56 Å². The number of carbonyl (C=O) groups excluding carboxylic acids is 1. The SMILES string of the molecule is COc1cc(OC)c(N2C(=NC(=O)Cc3ccc(OC)c(OC)c3)S[C@@H]3CS(=O)(=O)C[C@H]32)cc1Cl. The van der Waals surface area contributed by atoms with E-state index in [1.54, 1.807) is 35.2 Å². The maximum atomic E-state index is 13.0. The predicted octanol–water partition coefficient (Wildman–Crippen LogP) is 3.22. The van der Waals surface area contributed by atoms with E-state index in [9.17, 15) is 13.2 Å². The molecule has 0 aliphatic carbocycles. The van der Waals surface area contributed by atoms with Crippen LogP contribution in [0.15, 0.2) is 35.3 Å². The topological polar surface area (TPSA) is 104 Å². The highest BCUT2D eigenvalue weighted by molar-refractivity contribution is 8.16. The van der Waals surface area contributed by atoms with Crippen molar-refractivity contribution in [2.24, 2.45) is 4.99 Å². The number of nitrogens with zero attached hydrogens (tertiary/aromatic N) is 2. The fraction of sp³-hybridized carbons (Fsp3) is 0.391. The van der Waals surface area contributed by atoms with Crippen LogP contribution in [0.25, 0.3) is 0 Å². The molecule has 1 amide bonds. The fourth-order valence-corrected chi connectivity index (χ4v) is 8.35. The van der Waals surface area contributed by atoms with Gasteiger partial charge in [0.2, 0.25) is 0 Å². The molecule has 35 heavy (non-hydrogen) atoms. The Hall–Kier alpha value is -2.63. The Morgan fingerprint density at radius 2 is 1.69 bits per heavy atom. The Morgan fingerprint density at radius 1 is 1.00 bits per heavy atom. The number of hydrogen-bond acceptors (Lipinski definition) is 8. The summed E-state index contributed by atoms with van der Waals surface area (Å²) in [5, 5.41) is 0.465. The van der Waals surface area contributed by atoms with Gasteiger partial charge in [0.1, 0.15) is 11.5 Å². The Bertz CT molecular complexity index is 1280. The van der Waals surface area contributed by atoms with E-state index in [1.165, 1.54) is 40.2 Å². The number of thioether (sulfide) groups is 1. The van der Waals surface area contributed by atoms with Crippen LogP contribution in [-0.2, 0) is 21.1 Å². The molecule has 0 bridgehead atoms. The van der Waals surface area contributed by atoms with Gasteiger partial charge in [0.05, 0.1) is 63.1 Å². The highest BCUT2D eigenvalue weighted by atomic mass is 35.5. The van der Waals surface area contributed by atoms with E-state index in [4.69, 9.17) is 30.5 Å². The molecule has 2 aliphatic heterocycles. The van der Waals surface area contributed by atoms with Crippen molar-refractivity contribution in [3.05, 3.63) is 40.9 Å². The molecule has 2 aromatic rings. The first-order valence-electron chi connectivity index (χ1n) is 10.6. The highest BCUT2D eigenvalue weighted by Crippen LogP contribution is 2.46. The van der Waals surface area contributed by atoms with Gasteiger partial charge in [-0.2, -0.15) is 4.99 Å². The van der Waals surface area contributed by atoms with Gasteiger partial charge in [-0.25, -0.2) is 8.42 Å². The third-order valence-electron chi connectivity index (χ3n) is 5.80. The maximum absolute atomic E-state index is 13.0. The average molecular weight is 541 g/mol. The molecule has 2 aromatic carbocycles. The zero-order chi connectivity index (χ0) is 25.3. The molecule has 0 aromatic heterocycles. The molecule has 0 unspecified atom stereocenters. The second-order valence-electron chi connectivity index (χ2n) is 7.98. The lowest BCUT2D eigenvalue weighted by atomic mass is 10.1. The largest absolute Gasteiger partial charge is 0.495 e. The maximum Gasteiger partial charge on any atom is 0.252 e. The summed E-state index contributed by atoms with van der Waals surface area (Å²) >= 11 is 7.66. The lowest BCUT2D eigenvalue weighted by Crippen LogP contribution is -2.38. The molecule has 2 saturated heterocycles. The number of benzene rings is 2. The van der Waals surface area contributed by atoms with Crippen molar-refractivity contribution in [2.75, 3.05) is 44.8 Å². The Labute approximate surface area is 213 Å². The molecule has 2 atom stereocenters. The van der Waals surface area contributed by atoms with Crippen molar-refractivity contribution in [1.29, 1.82) is 0 Å². The van der Waals surface area contributed by atoms with Crippen LogP contribution >= 0.6 is 23.4 Å². The minimum atomic E-state index is -3.23. The van der Waals surface area contributed by atoms with Crippen LogP contribution in [0, 0.1) is 0 Å².